The first-order valence-corrected chi connectivity index (χ1v) is 3.69. The number of fused-ring (bicyclic) bond motifs is 1. The standard InChI is InChI=1S/C8H9N3O/c1-12-11-6-2-3-7-8(4-6)10-5-9-7/h2-5,11H,1H3,(H,9,10)/p+1. The third kappa shape index (κ3) is 1.17. The van der Waals surface area contributed by atoms with Gasteiger partial charge in [0.1, 0.15) is 0 Å². The van der Waals surface area contributed by atoms with Gasteiger partial charge in [0.2, 0.25) is 0 Å². The molecule has 1 aromatic carbocycles. The van der Waals surface area contributed by atoms with Crippen LogP contribution in [0.5, 0.6) is 0 Å². The summed E-state index contributed by atoms with van der Waals surface area (Å²) in [5.41, 5.74) is 4.73. The number of nitrogens with zero attached hydrogens (tertiary/aromatic N) is 1. The molecular weight excluding hydrogens is 154 g/mol. The summed E-state index contributed by atoms with van der Waals surface area (Å²) in [5, 5.41) is 0. The van der Waals surface area contributed by atoms with E-state index in [4.69, 9.17) is 4.84 Å². The first kappa shape index (κ1) is 7.27. The summed E-state index contributed by atoms with van der Waals surface area (Å²) in [6.07, 6.45) is 1.68. The van der Waals surface area contributed by atoms with Crippen molar-refractivity contribution in [2.45, 2.75) is 0 Å². The van der Waals surface area contributed by atoms with E-state index in [0.717, 1.165) is 16.7 Å². The number of hydrogen-bond acceptors (Lipinski definition) is 2. The lowest BCUT2D eigenvalue weighted by atomic mass is 10.3. The lowest BCUT2D eigenvalue weighted by Gasteiger charge is -1.94. The lowest BCUT2D eigenvalue weighted by molar-refractivity contribution is -0.830. The first-order valence-electron chi connectivity index (χ1n) is 3.69. The fourth-order valence-electron chi connectivity index (χ4n) is 1.16. The second kappa shape index (κ2) is 2.92. The quantitative estimate of drug-likeness (QED) is 0.496. The molecule has 0 atom stereocenters. The van der Waals surface area contributed by atoms with E-state index >= 15 is 0 Å². The average molecular weight is 164 g/mol. The number of rotatable bonds is 2. The van der Waals surface area contributed by atoms with Crippen LogP contribution in [0, 0.1) is 0 Å². The van der Waals surface area contributed by atoms with Crippen molar-refractivity contribution >= 4 is 16.7 Å². The smallest absolute Gasteiger partial charge is 0.164 e. The normalized spacial score (nSPS) is 10.8. The topological polar surface area (TPSA) is 54.5 Å². The van der Waals surface area contributed by atoms with Gasteiger partial charge in [-0.1, -0.05) is 0 Å². The van der Waals surface area contributed by atoms with Crippen molar-refractivity contribution in [2.75, 3.05) is 7.11 Å². The molecule has 0 unspecified atom stereocenters. The van der Waals surface area contributed by atoms with Crippen LogP contribution in [-0.2, 0) is 4.84 Å². The summed E-state index contributed by atoms with van der Waals surface area (Å²) < 4.78 is 0. The molecule has 0 fully saturated rings. The SMILES string of the molecule is CO[NH2+]c1ccc2nc[nH]c2c1. The molecule has 12 heavy (non-hydrogen) atoms. The Bertz CT molecular complexity index is 382. The van der Waals surface area contributed by atoms with Gasteiger partial charge in [-0.25, -0.2) is 9.82 Å². The maximum Gasteiger partial charge on any atom is 0.164 e. The van der Waals surface area contributed by atoms with Crippen LogP contribution < -0.4 is 5.48 Å². The maximum absolute atomic E-state index is 4.89. The number of aromatic nitrogens is 2. The number of nitrogens with one attached hydrogen (secondary N) is 1. The van der Waals surface area contributed by atoms with Gasteiger partial charge in [-0.3, -0.25) is 0 Å². The van der Waals surface area contributed by atoms with E-state index in [-0.39, 0.29) is 0 Å². The molecule has 2 aromatic rings. The number of aromatic amines is 1. The molecule has 1 aromatic heterocycles. The van der Waals surface area contributed by atoms with Gasteiger partial charge in [0.25, 0.3) is 0 Å². The minimum Gasteiger partial charge on any atom is -0.344 e. The van der Waals surface area contributed by atoms with Crippen molar-refractivity contribution in [3.63, 3.8) is 0 Å². The highest BCUT2D eigenvalue weighted by Crippen LogP contribution is 2.11. The van der Waals surface area contributed by atoms with E-state index in [1.165, 1.54) is 0 Å². The third-order valence-electron chi connectivity index (χ3n) is 1.70. The molecule has 0 bridgehead atoms. The van der Waals surface area contributed by atoms with Crippen molar-refractivity contribution in [3.05, 3.63) is 24.5 Å². The molecule has 0 radical (unpaired) electrons. The summed E-state index contributed by atoms with van der Waals surface area (Å²) in [7, 11) is 1.64. The number of quaternary nitrogens is 1. The molecule has 0 aliphatic rings. The van der Waals surface area contributed by atoms with Gasteiger partial charge in [-0.05, 0) is 6.07 Å². The van der Waals surface area contributed by atoms with E-state index in [0.29, 0.717) is 0 Å². The second-order valence-electron chi connectivity index (χ2n) is 2.53. The zero-order valence-corrected chi connectivity index (χ0v) is 6.74. The van der Waals surface area contributed by atoms with Gasteiger partial charge in [-0.2, -0.15) is 5.48 Å². The van der Waals surface area contributed by atoms with Crippen LogP contribution >= 0.6 is 0 Å². The Hall–Kier alpha value is -1.39. The molecular formula is C8H10N3O+. The van der Waals surface area contributed by atoms with Gasteiger partial charge >= 0.3 is 0 Å². The molecule has 1 heterocycles. The van der Waals surface area contributed by atoms with Gasteiger partial charge in [-0.15, -0.1) is 0 Å². The van der Waals surface area contributed by atoms with Crippen LogP contribution in [0.2, 0.25) is 0 Å². The van der Waals surface area contributed by atoms with Crippen LogP contribution in [-0.4, -0.2) is 17.1 Å². The summed E-state index contributed by atoms with van der Waals surface area (Å²) in [6.45, 7) is 0. The Morgan fingerprint density at radius 2 is 2.42 bits per heavy atom. The molecule has 4 nitrogen and oxygen atoms in total. The van der Waals surface area contributed by atoms with Crippen molar-refractivity contribution in [2.24, 2.45) is 0 Å². The fraction of sp³-hybridized carbons (Fsp3) is 0.125. The molecule has 0 saturated carbocycles. The van der Waals surface area contributed by atoms with Gasteiger partial charge in [0, 0.05) is 12.1 Å². The zero-order chi connectivity index (χ0) is 8.39. The van der Waals surface area contributed by atoms with E-state index < -0.39 is 0 Å². The largest absolute Gasteiger partial charge is 0.344 e. The molecule has 3 N–H and O–H groups in total. The Morgan fingerprint density at radius 1 is 1.50 bits per heavy atom. The molecule has 0 amide bonds. The molecule has 0 aliphatic carbocycles. The zero-order valence-electron chi connectivity index (χ0n) is 6.74. The number of imidazole rings is 1. The van der Waals surface area contributed by atoms with Crippen LogP contribution in [0.1, 0.15) is 0 Å². The summed E-state index contributed by atoms with van der Waals surface area (Å²) in [6, 6.07) is 5.91. The Balaban J connectivity index is 2.46. The van der Waals surface area contributed by atoms with Crippen molar-refractivity contribution in [1.29, 1.82) is 0 Å². The van der Waals surface area contributed by atoms with Crippen molar-refractivity contribution in [1.82, 2.24) is 9.97 Å². The molecule has 62 valence electrons. The number of hydrogen-bond donors (Lipinski definition) is 2. The second-order valence-corrected chi connectivity index (χ2v) is 2.53. The van der Waals surface area contributed by atoms with Gasteiger partial charge < -0.3 is 4.98 Å². The number of H-pyrrole nitrogens is 1. The van der Waals surface area contributed by atoms with Crippen LogP contribution in [0.15, 0.2) is 24.5 Å². The van der Waals surface area contributed by atoms with E-state index in [9.17, 15) is 0 Å². The average Bonchev–Trinajstić information content (AvgIpc) is 2.51. The highest BCUT2D eigenvalue weighted by molar-refractivity contribution is 5.76. The molecule has 0 spiro atoms. The minimum atomic E-state index is 0.975. The highest BCUT2D eigenvalue weighted by atomic mass is 16.6. The lowest BCUT2D eigenvalue weighted by Crippen LogP contribution is -2.75. The van der Waals surface area contributed by atoms with Gasteiger partial charge in [0.05, 0.1) is 24.5 Å². The summed E-state index contributed by atoms with van der Waals surface area (Å²) >= 11 is 0. The molecule has 0 saturated heterocycles. The summed E-state index contributed by atoms with van der Waals surface area (Å²) in [4.78, 5) is 12.0. The third-order valence-corrected chi connectivity index (χ3v) is 1.70. The van der Waals surface area contributed by atoms with E-state index in [1.54, 1.807) is 18.9 Å². The molecule has 4 heteroatoms. The van der Waals surface area contributed by atoms with Crippen molar-refractivity contribution in [3.8, 4) is 0 Å². The van der Waals surface area contributed by atoms with E-state index in [2.05, 4.69) is 9.97 Å². The monoisotopic (exact) mass is 164 g/mol. The minimum absolute atomic E-state index is 0.975. The van der Waals surface area contributed by atoms with Crippen molar-refractivity contribution < 1.29 is 10.3 Å². The Morgan fingerprint density at radius 3 is 3.25 bits per heavy atom. The Labute approximate surface area is 69.5 Å². The Kier molecular flexibility index (Phi) is 1.77. The van der Waals surface area contributed by atoms with Crippen LogP contribution in [0.4, 0.5) is 5.69 Å². The van der Waals surface area contributed by atoms with Crippen LogP contribution in [0.25, 0.3) is 11.0 Å². The fourth-order valence-corrected chi connectivity index (χ4v) is 1.16. The molecule has 2 rings (SSSR count). The number of nitrogens with two attached hydrogens (primary N) is 1. The molecule has 0 aliphatic heterocycles. The predicted molar refractivity (Wildman–Crippen MR) is 44.7 cm³/mol. The predicted octanol–water partition coefficient (Wildman–Crippen LogP) is 0.319. The summed E-state index contributed by atoms with van der Waals surface area (Å²) in [5.74, 6) is 0. The number of benzene rings is 1. The highest BCUT2D eigenvalue weighted by Gasteiger charge is 1.99. The van der Waals surface area contributed by atoms with Gasteiger partial charge in [0.15, 0.2) is 5.69 Å². The maximum atomic E-state index is 4.89. The van der Waals surface area contributed by atoms with Crippen LogP contribution in [0.3, 0.4) is 0 Å². The van der Waals surface area contributed by atoms with E-state index in [1.807, 2.05) is 18.2 Å². The first-order chi connectivity index (χ1) is 5.90.